The summed E-state index contributed by atoms with van der Waals surface area (Å²) in [6.45, 7) is 1.34. The number of nitrogens with zero attached hydrogens (tertiary/aromatic N) is 2. The van der Waals surface area contributed by atoms with E-state index in [4.69, 9.17) is 0 Å². The summed E-state index contributed by atoms with van der Waals surface area (Å²) in [5.74, 6) is -0.278. The maximum Gasteiger partial charge on any atom is 0.282 e. The molecule has 5 heteroatoms. The van der Waals surface area contributed by atoms with Crippen LogP contribution in [0.25, 0.3) is 0 Å². The van der Waals surface area contributed by atoms with E-state index in [1.807, 2.05) is 7.05 Å². The molecule has 1 saturated carbocycles. The van der Waals surface area contributed by atoms with Gasteiger partial charge in [-0.25, -0.2) is 0 Å². The van der Waals surface area contributed by atoms with E-state index in [0.717, 1.165) is 18.5 Å². The van der Waals surface area contributed by atoms with Gasteiger partial charge in [-0.2, -0.15) is 0 Å². The normalized spacial score (nSPS) is 15.0. The summed E-state index contributed by atoms with van der Waals surface area (Å²) in [4.78, 5) is 23.9. The number of hydrogen-bond donors (Lipinski definition) is 0. The van der Waals surface area contributed by atoms with Gasteiger partial charge < -0.3 is 4.90 Å². The van der Waals surface area contributed by atoms with Gasteiger partial charge in [-0.15, -0.1) is 0 Å². The van der Waals surface area contributed by atoms with E-state index in [1.54, 1.807) is 12.1 Å². The van der Waals surface area contributed by atoms with Crippen molar-refractivity contribution in [3.63, 3.8) is 0 Å². The Hall–Kier alpha value is -1.91. The van der Waals surface area contributed by atoms with Crippen molar-refractivity contribution in [1.29, 1.82) is 0 Å². The lowest BCUT2D eigenvalue weighted by atomic mass is 9.91. The molecule has 1 aromatic rings. The third kappa shape index (κ3) is 2.20. The van der Waals surface area contributed by atoms with Gasteiger partial charge in [-0.1, -0.05) is 0 Å². The minimum atomic E-state index is -0.491. The number of nitro benzene ring substituents is 1. The highest BCUT2D eigenvalue weighted by atomic mass is 16.6. The monoisotopic (exact) mass is 248 g/mol. The molecular formula is C13H16N2O3. The van der Waals surface area contributed by atoms with E-state index < -0.39 is 4.92 Å². The molecule has 0 spiro atoms. The summed E-state index contributed by atoms with van der Waals surface area (Å²) < 4.78 is 0. The largest absolute Gasteiger partial charge is 0.371 e. The first-order chi connectivity index (χ1) is 8.50. The number of rotatable bonds is 4. The van der Waals surface area contributed by atoms with Gasteiger partial charge in [0.1, 0.15) is 0 Å². The Morgan fingerprint density at radius 2 is 2.11 bits per heavy atom. The van der Waals surface area contributed by atoms with E-state index in [1.165, 1.54) is 19.4 Å². The van der Waals surface area contributed by atoms with Crippen molar-refractivity contribution in [2.45, 2.75) is 32.2 Å². The molecular weight excluding hydrogens is 232 g/mol. The number of nitro groups is 1. The highest BCUT2D eigenvalue weighted by Gasteiger charge is 2.25. The van der Waals surface area contributed by atoms with Crippen molar-refractivity contribution in [2.24, 2.45) is 0 Å². The molecule has 0 aromatic heterocycles. The van der Waals surface area contributed by atoms with Crippen LogP contribution in [0, 0.1) is 10.1 Å². The number of hydrogen-bond acceptors (Lipinski definition) is 4. The molecule has 1 aliphatic rings. The second-order valence-electron chi connectivity index (χ2n) is 4.71. The lowest BCUT2D eigenvalue weighted by Gasteiger charge is -2.36. The molecule has 1 aromatic carbocycles. The van der Waals surface area contributed by atoms with E-state index in [0.29, 0.717) is 6.04 Å². The SMILES string of the molecule is CC(=O)c1ccc(N(C)C2CCC2)cc1[N+](=O)[O-]. The van der Waals surface area contributed by atoms with Crippen molar-refractivity contribution < 1.29 is 9.72 Å². The predicted molar refractivity (Wildman–Crippen MR) is 69.1 cm³/mol. The zero-order chi connectivity index (χ0) is 13.3. The first-order valence-corrected chi connectivity index (χ1v) is 6.03. The fraction of sp³-hybridized carbons (Fsp3) is 0.462. The summed E-state index contributed by atoms with van der Waals surface area (Å²) in [5, 5.41) is 11.0. The average molecular weight is 248 g/mol. The van der Waals surface area contributed by atoms with Gasteiger partial charge in [0.05, 0.1) is 10.5 Å². The van der Waals surface area contributed by atoms with E-state index in [9.17, 15) is 14.9 Å². The number of ketones is 1. The predicted octanol–water partition coefficient (Wildman–Crippen LogP) is 2.79. The highest BCUT2D eigenvalue weighted by Crippen LogP contribution is 2.31. The fourth-order valence-electron chi connectivity index (χ4n) is 2.17. The van der Waals surface area contributed by atoms with Crippen LogP contribution >= 0.6 is 0 Å². The third-order valence-corrected chi connectivity index (χ3v) is 3.59. The van der Waals surface area contributed by atoms with Crippen molar-refractivity contribution in [2.75, 3.05) is 11.9 Å². The Balaban J connectivity index is 2.36. The van der Waals surface area contributed by atoms with Crippen LogP contribution < -0.4 is 4.90 Å². The first-order valence-electron chi connectivity index (χ1n) is 6.03. The minimum Gasteiger partial charge on any atom is -0.371 e. The zero-order valence-corrected chi connectivity index (χ0v) is 10.5. The van der Waals surface area contributed by atoms with Crippen molar-refractivity contribution in [1.82, 2.24) is 0 Å². The van der Waals surface area contributed by atoms with Crippen molar-refractivity contribution in [3.8, 4) is 0 Å². The molecule has 0 aliphatic heterocycles. The smallest absolute Gasteiger partial charge is 0.282 e. The molecule has 0 heterocycles. The van der Waals surface area contributed by atoms with Gasteiger partial charge in [-0.3, -0.25) is 14.9 Å². The Bertz CT molecular complexity index is 495. The van der Waals surface area contributed by atoms with Gasteiger partial charge in [0.15, 0.2) is 5.78 Å². The molecule has 2 rings (SSSR count). The van der Waals surface area contributed by atoms with Gasteiger partial charge in [0, 0.05) is 24.8 Å². The molecule has 1 aliphatic carbocycles. The number of carbonyl (C=O) groups excluding carboxylic acids is 1. The summed E-state index contributed by atoms with van der Waals surface area (Å²) in [6, 6.07) is 5.29. The number of Topliss-reactive ketones (excluding diaryl/α,β-unsaturated/α-hetero) is 1. The van der Waals surface area contributed by atoms with Gasteiger partial charge in [-0.05, 0) is 38.3 Å². The Labute approximate surface area is 106 Å². The van der Waals surface area contributed by atoms with Crippen LogP contribution in [-0.2, 0) is 0 Å². The van der Waals surface area contributed by atoms with Gasteiger partial charge >= 0.3 is 0 Å². The molecule has 0 atom stereocenters. The topological polar surface area (TPSA) is 63.5 Å². The van der Waals surface area contributed by atoms with Crippen LogP contribution in [0.4, 0.5) is 11.4 Å². The minimum absolute atomic E-state index is 0.105. The maximum atomic E-state index is 11.3. The Kier molecular flexibility index (Phi) is 3.32. The lowest BCUT2D eigenvalue weighted by molar-refractivity contribution is -0.385. The lowest BCUT2D eigenvalue weighted by Crippen LogP contribution is -2.37. The van der Waals surface area contributed by atoms with E-state index in [-0.39, 0.29) is 17.0 Å². The van der Waals surface area contributed by atoms with Crippen LogP contribution in [-0.4, -0.2) is 23.8 Å². The van der Waals surface area contributed by atoms with Crippen molar-refractivity contribution in [3.05, 3.63) is 33.9 Å². The molecule has 5 nitrogen and oxygen atoms in total. The van der Waals surface area contributed by atoms with Crippen molar-refractivity contribution >= 4 is 17.2 Å². The summed E-state index contributed by atoms with van der Waals surface area (Å²) in [7, 11) is 1.94. The third-order valence-electron chi connectivity index (χ3n) is 3.59. The zero-order valence-electron chi connectivity index (χ0n) is 10.5. The molecule has 0 amide bonds. The molecule has 0 saturated heterocycles. The number of anilines is 1. The summed E-state index contributed by atoms with van der Waals surface area (Å²) in [6.07, 6.45) is 3.46. The quantitative estimate of drug-likeness (QED) is 0.467. The fourth-order valence-corrected chi connectivity index (χ4v) is 2.17. The molecule has 0 bridgehead atoms. The Morgan fingerprint density at radius 1 is 1.44 bits per heavy atom. The van der Waals surface area contributed by atoms with Gasteiger partial charge in [0.2, 0.25) is 0 Å². The molecule has 18 heavy (non-hydrogen) atoms. The Morgan fingerprint density at radius 3 is 2.56 bits per heavy atom. The van der Waals surface area contributed by atoms with Crippen LogP contribution in [0.5, 0.6) is 0 Å². The van der Waals surface area contributed by atoms with Crippen LogP contribution in [0.3, 0.4) is 0 Å². The van der Waals surface area contributed by atoms with E-state index >= 15 is 0 Å². The number of benzene rings is 1. The second kappa shape index (κ2) is 4.76. The highest BCUT2D eigenvalue weighted by molar-refractivity contribution is 5.98. The number of carbonyl (C=O) groups is 1. The van der Waals surface area contributed by atoms with Crippen LogP contribution in [0.2, 0.25) is 0 Å². The van der Waals surface area contributed by atoms with Crippen LogP contribution in [0.15, 0.2) is 18.2 Å². The standard InChI is InChI=1S/C13H16N2O3/c1-9(16)12-7-6-11(8-13(12)15(17)18)14(2)10-4-3-5-10/h6-8,10H,3-5H2,1-2H3. The molecule has 0 N–H and O–H groups in total. The molecule has 0 unspecified atom stereocenters. The second-order valence-corrected chi connectivity index (χ2v) is 4.71. The summed E-state index contributed by atoms with van der Waals surface area (Å²) >= 11 is 0. The maximum absolute atomic E-state index is 11.3. The average Bonchev–Trinajstić information content (AvgIpc) is 2.25. The van der Waals surface area contributed by atoms with E-state index in [2.05, 4.69) is 4.90 Å². The first kappa shape index (κ1) is 12.5. The molecule has 0 radical (unpaired) electrons. The summed E-state index contributed by atoms with van der Waals surface area (Å²) in [5.41, 5.74) is 0.869. The van der Waals surface area contributed by atoms with Gasteiger partial charge in [0.25, 0.3) is 5.69 Å². The van der Waals surface area contributed by atoms with Crippen LogP contribution in [0.1, 0.15) is 36.5 Å². The molecule has 1 fully saturated rings. The molecule has 96 valence electrons.